The second kappa shape index (κ2) is 5.76. The number of benzene rings is 1. The van der Waals surface area contributed by atoms with E-state index in [0.29, 0.717) is 0 Å². The van der Waals surface area contributed by atoms with E-state index in [0.717, 1.165) is 0 Å². The zero-order valence-corrected chi connectivity index (χ0v) is 16.8. The molecule has 4 heteroatoms. The van der Waals surface area contributed by atoms with Crippen molar-refractivity contribution >= 4 is 77.0 Å². The molecule has 0 atom stereocenters. The van der Waals surface area contributed by atoms with E-state index in [2.05, 4.69) is 70.7 Å². The van der Waals surface area contributed by atoms with Gasteiger partial charge in [-0.1, -0.05) is 30.3 Å². The molecule has 4 heterocycles. The number of rotatable bonds is 2. The lowest BCUT2D eigenvalue weighted by molar-refractivity contribution is 1.95. The molecule has 0 amide bonds. The summed E-state index contributed by atoms with van der Waals surface area (Å²) in [6, 6.07) is 20.2. The highest BCUT2D eigenvalue weighted by Gasteiger charge is 2.17. The van der Waals surface area contributed by atoms with Crippen LogP contribution in [0.25, 0.3) is 51.1 Å². The minimum atomic E-state index is 1.36. The quantitative estimate of drug-likeness (QED) is 0.271. The van der Waals surface area contributed by atoms with Gasteiger partial charge in [0.1, 0.15) is 0 Å². The van der Waals surface area contributed by atoms with Crippen LogP contribution in [0.4, 0.5) is 0 Å². The lowest BCUT2D eigenvalue weighted by Crippen LogP contribution is -1.79. The van der Waals surface area contributed by atoms with Gasteiger partial charge in [-0.05, 0) is 51.2 Å². The Morgan fingerprint density at radius 2 is 1.31 bits per heavy atom. The topological polar surface area (TPSA) is 0 Å². The van der Waals surface area contributed by atoms with E-state index < -0.39 is 0 Å². The monoisotopic (exact) mass is 404 g/mol. The summed E-state index contributed by atoms with van der Waals surface area (Å²) >= 11 is 7.42. The molecule has 0 saturated carbocycles. The van der Waals surface area contributed by atoms with Crippen LogP contribution in [0, 0.1) is 0 Å². The smallest absolute Gasteiger partial charge is 0.0527 e. The summed E-state index contributed by atoms with van der Waals surface area (Å²) in [5.41, 5.74) is 0. The maximum atomic E-state index is 2.39. The Morgan fingerprint density at radius 1 is 0.538 bits per heavy atom. The maximum absolute atomic E-state index is 2.39. The number of fused-ring (bicyclic) bond motifs is 6. The lowest BCUT2D eigenvalue weighted by atomic mass is 10.0. The Morgan fingerprint density at radius 3 is 2.12 bits per heavy atom. The van der Waals surface area contributed by atoms with E-state index in [-0.39, 0.29) is 0 Å². The molecule has 0 aliphatic rings. The van der Waals surface area contributed by atoms with Gasteiger partial charge < -0.3 is 0 Å². The number of hydrogen-bond acceptors (Lipinski definition) is 4. The SMILES string of the molecule is c1csc(-c2cc3c4ccsc(-c5cccs5)c4c4cccc4c3s2)c1. The average Bonchev–Trinajstić information content (AvgIpc) is 3.48. The highest BCUT2D eigenvalue weighted by atomic mass is 32.1. The van der Waals surface area contributed by atoms with Crippen molar-refractivity contribution in [2.75, 3.05) is 0 Å². The first-order valence-electron chi connectivity index (χ1n) is 8.33. The van der Waals surface area contributed by atoms with Gasteiger partial charge in [-0.2, -0.15) is 0 Å². The molecule has 124 valence electrons. The highest BCUT2D eigenvalue weighted by Crippen LogP contribution is 2.47. The fourth-order valence-electron chi connectivity index (χ4n) is 3.68. The zero-order valence-electron chi connectivity index (χ0n) is 13.6. The molecule has 0 fully saturated rings. The van der Waals surface area contributed by atoms with Crippen LogP contribution in [0.2, 0.25) is 0 Å². The zero-order chi connectivity index (χ0) is 17.1. The van der Waals surface area contributed by atoms with Gasteiger partial charge in [-0.25, -0.2) is 0 Å². The fourth-order valence-corrected chi connectivity index (χ4v) is 7.54. The summed E-state index contributed by atoms with van der Waals surface area (Å²) in [6.45, 7) is 0. The van der Waals surface area contributed by atoms with Crippen LogP contribution in [-0.4, -0.2) is 0 Å². The van der Waals surface area contributed by atoms with Crippen molar-refractivity contribution in [2.24, 2.45) is 0 Å². The van der Waals surface area contributed by atoms with Gasteiger partial charge >= 0.3 is 0 Å². The molecule has 2 aromatic carbocycles. The first-order chi connectivity index (χ1) is 12.9. The molecule has 6 rings (SSSR count). The maximum Gasteiger partial charge on any atom is 0.0527 e. The molecule has 26 heavy (non-hydrogen) atoms. The van der Waals surface area contributed by atoms with E-state index in [1.54, 1.807) is 0 Å². The summed E-state index contributed by atoms with van der Waals surface area (Å²) in [5.74, 6) is 0. The van der Waals surface area contributed by atoms with E-state index in [1.165, 1.54) is 51.1 Å². The second-order valence-corrected chi connectivity index (χ2v) is 10.1. The normalized spacial score (nSPS) is 11.8. The molecule has 0 spiro atoms. The Hall–Kier alpha value is -1.98. The molecule has 6 aromatic rings. The van der Waals surface area contributed by atoms with Crippen LogP contribution in [-0.2, 0) is 0 Å². The minimum Gasteiger partial charge on any atom is -0.143 e. The molecule has 0 bridgehead atoms. The van der Waals surface area contributed by atoms with Crippen molar-refractivity contribution in [1.29, 1.82) is 0 Å². The van der Waals surface area contributed by atoms with Crippen molar-refractivity contribution in [2.45, 2.75) is 0 Å². The molecular formula is C22H12S4. The van der Waals surface area contributed by atoms with Gasteiger partial charge in [0.25, 0.3) is 0 Å². The molecule has 0 unspecified atom stereocenters. The average molecular weight is 405 g/mol. The van der Waals surface area contributed by atoms with Crippen LogP contribution >= 0.6 is 45.3 Å². The van der Waals surface area contributed by atoms with Crippen molar-refractivity contribution < 1.29 is 0 Å². The van der Waals surface area contributed by atoms with E-state index in [9.17, 15) is 0 Å². The molecular weight excluding hydrogens is 393 g/mol. The van der Waals surface area contributed by atoms with Gasteiger partial charge in [-0.3, -0.25) is 0 Å². The molecule has 0 aliphatic heterocycles. The minimum absolute atomic E-state index is 1.36. The first kappa shape index (κ1) is 15.1. The van der Waals surface area contributed by atoms with Crippen molar-refractivity contribution in [3.8, 4) is 19.5 Å². The summed E-state index contributed by atoms with van der Waals surface area (Å²) in [4.78, 5) is 5.47. The van der Waals surface area contributed by atoms with Gasteiger partial charge in [-0.15, -0.1) is 45.3 Å². The Balaban J connectivity index is 1.81. The van der Waals surface area contributed by atoms with Gasteiger partial charge in [0.05, 0.1) is 4.88 Å². The molecule has 0 nitrogen and oxygen atoms in total. The second-order valence-electron chi connectivity index (χ2n) is 6.20. The number of hydrogen-bond donors (Lipinski definition) is 0. The van der Waals surface area contributed by atoms with E-state index in [4.69, 9.17) is 0 Å². The van der Waals surface area contributed by atoms with Gasteiger partial charge in [0, 0.05) is 35.5 Å². The van der Waals surface area contributed by atoms with Crippen LogP contribution in [0.3, 0.4) is 0 Å². The summed E-state index contributed by atoms with van der Waals surface area (Å²) in [7, 11) is 0. The van der Waals surface area contributed by atoms with Gasteiger partial charge in [0.15, 0.2) is 0 Å². The Kier molecular flexibility index (Phi) is 3.35. The summed E-state index contributed by atoms with van der Waals surface area (Å²) < 4.78 is 1.41. The summed E-state index contributed by atoms with van der Waals surface area (Å²) in [6.07, 6.45) is 0. The first-order valence-corrected chi connectivity index (χ1v) is 11.8. The predicted octanol–water partition coefficient (Wildman–Crippen LogP) is 8.73. The predicted molar refractivity (Wildman–Crippen MR) is 121 cm³/mol. The largest absolute Gasteiger partial charge is 0.143 e. The molecule has 0 aliphatic carbocycles. The van der Waals surface area contributed by atoms with E-state index in [1.807, 2.05) is 45.3 Å². The molecule has 0 N–H and O–H groups in total. The van der Waals surface area contributed by atoms with Crippen molar-refractivity contribution in [3.63, 3.8) is 0 Å². The van der Waals surface area contributed by atoms with E-state index >= 15 is 0 Å². The molecule has 4 aromatic heterocycles. The lowest BCUT2D eigenvalue weighted by Gasteiger charge is -2.08. The third kappa shape index (κ3) is 2.10. The van der Waals surface area contributed by atoms with Crippen molar-refractivity contribution in [3.05, 3.63) is 70.7 Å². The summed E-state index contributed by atoms with van der Waals surface area (Å²) in [5, 5.41) is 13.5. The van der Waals surface area contributed by atoms with Crippen LogP contribution < -0.4 is 0 Å². The molecule has 0 saturated heterocycles. The standard InChI is InChI=1S/C22H12S4/c1-4-13-15(5-1)21-16(12-19(26-21)17-6-2-9-23-17)14-8-11-25-22(20(13)14)18-7-3-10-24-18/h1-12H. The van der Waals surface area contributed by atoms with Crippen molar-refractivity contribution in [1.82, 2.24) is 0 Å². The third-order valence-electron chi connectivity index (χ3n) is 4.78. The van der Waals surface area contributed by atoms with Crippen LogP contribution in [0.15, 0.2) is 70.7 Å². The fraction of sp³-hybridized carbons (Fsp3) is 0. The number of thiophene rings is 3. The van der Waals surface area contributed by atoms with Gasteiger partial charge in [0.2, 0.25) is 0 Å². The highest BCUT2D eigenvalue weighted by molar-refractivity contribution is 7.26. The Labute approximate surface area is 166 Å². The van der Waals surface area contributed by atoms with Crippen LogP contribution in [0.5, 0.6) is 0 Å². The molecule has 0 radical (unpaired) electrons. The van der Waals surface area contributed by atoms with Crippen LogP contribution in [0.1, 0.15) is 0 Å². The Bertz CT molecular complexity index is 1360. The third-order valence-corrected chi connectivity index (χ3v) is 8.96.